The molecule has 0 N–H and O–H groups in total. The van der Waals surface area contributed by atoms with Crippen molar-refractivity contribution in [2.24, 2.45) is 4.99 Å². The van der Waals surface area contributed by atoms with Crippen molar-refractivity contribution in [3.8, 4) is 0 Å². The number of aromatic nitrogens is 1. The molecule has 0 saturated heterocycles. The number of hydrogen-bond donors (Lipinski definition) is 0. The molecule has 1 aromatic heterocycles. The van der Waals surface area contributed by atoms with Crippen molar-refractivity contribution in [1.29, 1.82) is 0 Å². The number of para-hydroxylation sites is 1. The van der Waals surface area contributed by atoms with E-state index in [1.54, 1.807) is 24.3 Å². The number of fused-ring (bicyclic) bond motifs is 1. The number of benzene rings is 2. The fourth-order valence-electron chi connectivity index (χ4n) is 2.37. The standard InChI is InChI=1S/C18H17ClN2O2S/c1-2-23-12-11-21-15-5-3-4-6-16(15)24-18(21)20-17(22)13-7-9-14(19)10-8-13/h3-10H,2,11-12H2,1H3. The number of carbonyl (C=O) groups excluding carboxylic acids is 1. The van der Waals surface area contributed by atoms with Crippen molar-refractivity contribution in [2.75, 3.05) is 13.2 Å². The van der Waals surface area contributed by atoms with Crippen LogP contribution in [-0.4, -0.2) is 23.7 Å². The van der Waals surface area contributed by atoms with Gasteiger partial charge >= 0.3 is 0 Å². The molecule has 0 fully saturated rings. The van der Waals surface area contributed by atoms with E-state index in [0.29, 0.717) is 35.1 Å². The van der Waals surface area contributed by atoms with Crippen LogP contribution in [0, 0.1) is 0 Å². The van der Waals surface area contributed by atoms with E-state index >= 15 is 0 Å². The second-order valence-electron chi connectivity index (χ2n) is 5.12. The molecule has 4 nitrogen and oxygen atoms in total. The molecule has 0 unspecified atom stereocenters. The first-order chi connectivity index (χ1) is 11.7. The minimum absolute atomic E-state index is 0.275. The molecule has 3 rings (SSSR count). The molecule has 0 spiro atoms. The topological polar surface area (TPSA) is 43.6 Å². The Kier molecular flexibility index (Phi) is 5.45. The minimum Gasteiger partial charge on any atom is -0.380 e. The summed E-state index contributed by atoms with van der Waals surface area (Å²) in [5.41, 5.74) is 1.58. The molecule has 1 amide bonds. The highest BCUT2D eigenvalue weighted by atomic mass is 35.5. The van der Waals surface area contributed by atoms with Gasteiger partial charge in [0.25, 0.3) is 5.91 Å². The summed E-state index contributed by atoms with van der Waals surface area (Å²) in [5, 5.41) is 0.597. The fourth-order valence-corrected chi connectivity index (χ4v) is 3.55. The maximum atomic E-state index is 12.4. The first-order valence-electron chi connectivity index (χ1n) is 7.70. The smallest absolute Gasteiger partial charge is 0.279 e. The number of halogens is 1. The van der Waals surface area contributed by atoms with E-state index in [2.05, 4.69) is 4.99 Å². The molecule has 0 radical (unpaired) electrons. The van der Waals surface area contributed by atoms with Gasteiger partial charge in [-0.15, -0.1) is 0 Å². The Hall–Kier alpha value is -1.95. The molecule has 0 aliphatic carbocycles. The third-order valence-electron chi connectivity index (χ3n) is 3.54. The molecule has 0 atom stereocenters. The Bertz CT molecular complexity index is 913. The van der Waals surface area contributed by atoms with E-state index < -0.39 is 0 Å². The van der Waals surface area contributed by atoms with E-state index in [9.17, 15) is 4.79 Å². The van der Waals surface area contributed by atoms with Crippen LogP contribution in [0.15, 0.2) is 53.5 Å². The van der Waals surface area contributed by atoms with Crippen LogP contribution >= 0.6 is 22.9 Å². The summed E-state index contributed by atoms with van der Waals surface area (Å²) in [6.07, 6.45) is 0. The van der Waals surface area contributed by atoms with Gasteiger partial charge in [-0.25, -0.2) is 0 Å². The lowest BCUT2D eigenvalue weighted by atomic mass is 10.2. The summed E-state index contributed by atoms with van der Waals surface area (Å²) in [4.78, 5) is 17.4. The van der Waals surface area contributed by atoms with E-state index in [4.69, 9.17) is 16.3 Å². The van der Waals surface area contributed by atoms with E-state index in [-0.39, 0.29) is 5.91 Å². The average Bonchev–Trinajstić information content (AvgIpc) is 2.93. The van der Waals surface area contributed by atoms with Crippen molar-refractivity contribution < 1.29 is 9.53 Å². The highest BCUT2D eigenvalue weighted by Gasteiger charge is 2.09. The van der Waals surface area contributed by atoms with Crippen LogP contribution in [0.1, 0.15) is 17.3 Å². The average molecular weight is 361 g/mol. The van der Waals surface area contributed by atoms with E-state index in [1.165, 1.54) is 11.3 Å². The Balaban J connectivity index is 2.01. The molecule has 6 heteroatoms. The molecule has 124 valence electrons. The fraction of sp³-hybridized carbons (Fsp3) is 0.222. The lowest BCUT2D eigenvalue weighted by Gasteiger charge is -2.05. The zero-order valence-electron chi connectivity index (χ0n) is 13.2. The van der Waals surface area contributed by atoms with Crippen LogP contribution in [-0.2, 0) is 11.3 Å². The third kappa shape index (κ3) is 3.75. The van der Waals surface area contributed by atoms with Crippen LogP contribution < -0.4 is 4.80 Å². The molecular formula is C18H17ClN2O2S. The summed E-state index contributed by atoms with van der Waals surface area (Å²) in [6, 6.07) is 14.8. The number of amides is 1. The van der Waals surface area contributed by atoms with E-state index in [0.717, 1.165) is 10.2 Å². The molecular weight excluding hydrogens is 344 g/mol. The van der Waals surface area contributed by atoms with Gasteiger partial charge in [0, 0.05) is 23.7 Å². The van der Waals surface area contributed by atoms with Gasteiger partial charge in [-0.2, -0.15) is 4.99 Å². The predicted octanol–water partition coefficient (Wildman–Crippen LogP) is 4.13. The number of nitrogens with zero attached hydrogens (tertiary/aromatic N) is 2. The van der Waals surface area contributed by atoms with Crippen molar-refractivity contribution in [1.82, 2.24) is 4.57 Å². The monoisotopic (exact) mass is 360 g/mol. The predicted molar refractivity (Wildman–Crippen MR) is 97.7 cm³/mol. The van der Waals surface area contributed by atoms with Gasteiger partial charge in [0.2, 0.25) is 0 Å². The SMILES string of the molecule is CCOCCn1c(=NC(=O)c2ccc(Cl)cc2)sc2ccccc21. The number of ether oxygens (including phenoxy) is 1. The van der Waals surface area contributed by atoms with Gasteiger partial charge < -0.3 is 9.30 Å². The molecule has 24 heavy (non-hydrogen) atoms. The first kappa shape index (κ1) is 16.9. The van der Waals surface area contributed by atoms with Crippen LogP contribution in [0.5, 0.6) is 0 Å². The lowest BCUT2D eigenvalue weighted by molar-refractivity contribution is 0.0996. The van der Waals surface area contributed by atoms with Crippen LogP contribution in [0.3, 0.4) is 0 Å². The van der Waals surface area contributed by atoms with Crippen LogP contribution in [0.2, 0.25) is 5.02 Å². The van der Waals surface area contributed by atoms with Crippen molar-refractivity contribution >= 4 is 39.1 Å². The normalized spacial score (nSPS) is 12.0. The maximum Gasteiger partial charge on any atom is 0.279 e. The summed E-state index contributed by atoms with van der Waals surface area (Å²) in [7, 11) is 0. The minimum atomic E-state index is -0.275. The Morgan fingerprint density at radius 3 is 2.71 bits per heavy atom. The maximum absolute atomic E-state index is 12.4. The highest BCUT2D eigenvalue weighted by molar-refractivity contribution is 7.16. The number of carbonyl (C=O) groups is 1. The number of rotatable bonds is 5. The third-order valence-corrected chi connectivity index (χ3v) is 4.85. The van der Waals surface area contributed by atoms with Crippen LogP contribution in [0.25, 0.3) is 10.2 Å². The van der Waals surface area contributed by atoms with Crippen molar-refractivity contribution in [2.45, 2.75) is 13.5 Å². The number of thiazole rings is 1. The molecule has 0 aliphatic heterocycles. The van der Waals surface area contributed by atoms with Gasteiger partial charge in [0.05, 0.1) is 16.8 Å². The molecule has 2 aromatic carbocycles. The zero-order chi connectivity index (χ0) is 16.9. The lowest BCUT2D eigenvalue weighted by Crippen LogP contribution is -2.19. The molecule has 3 aromatic rings. The molecule has 0 aliphatic rings. The van der Waals surface area contributed by atoms with Gasteiger partial charge in [-0.1, -0.05) is 35.1 Å². The van der Waals surface area contributed by atoms with Gasteiger partial charge in [0.1, 0.15) is 0 Å². The second-order valence-corrected chi connectivity index (χ2v) is 6.57. The highest BCUT2D eigenvalue weighted by Crippen LogP contribution is 2.17. The first-order valence-corrected chi connectivity index (χ1v) is 8.89. The number of hydrogen-bond acceptors (Lipinski definition) is 3. The Morgan fingerprint density at radius 2 is 1.96 bits per heavy atom. The van der Waals surface area contributed by atoms with Crippen molar-refractivity contribution in [3.63, 3.8) is 0 Å². The zero-order valence-corrected chi connectivity index (χ0v) is 14.8. The summed E-state index contributed by atoms with van der Waals surface area (Å²) >= 11 is 7.37. The van der Waals surface area contributed by atoms with Crippen LogP contribution in [0.4, 0.5) is 0 Å². The quantitative estimate of drug-likeness (QED) is 0.642. The largest absolute Gasteiger partial charge is 0.380 e. The summed E-state index contributed by atoms with van der Waals surface area (Å²) in [5.74, 6) is -0.275. The Morgan fingerprint density at radius 1 is 1.21 bits per heavy atom. The molecule has 0 bridgehead atoms. The van der Waals surface area contributed by atoms with Gasteiger partial charge in [0.15, 0.2) is 4.80 Å². The Labute approximate surface area is 149 Å². The summed E-state index contributed by atoms with van der Waals surface area (Å²) < 4.78 is 8.58. The molecule has 0 saturated carbocycles. The molecule has 1 heterocycles. The van der Waals surface area contributed by atoms with E-state index in [1.807, 2.05) is 35.8 Å². The van der Waals surface area contributed by atoms with Crippen molar-refractivity contribution in [3.05, 3.63) is 63.9 Å². The van der Waals surface area contributed by atoms with Gasteiger partial charge in [-0.3, -0.25) is 4.79 Å². The van der Waals surface area contributed by atoms with Gasteiger partial charge in [-0.05, 0) is 43.3 Å². The second kappa shape index (κ2) is 7.75. The summed E-state index contributed by atoms with van der Waals surface area (Å²) in [6.45, 7) is 3.87.